The van der Waals surface area contributed by atoms with Crippen molar-refractivity contribution < 1.29 is 14.7 Å². The van der Waals surface area contributed by atoms with Gasteiger partial charge in [-0.2, -0.15) is 12.6 Å². The number of carboxylic acid groups (broad SMARTS) is 1. The number of fused-ring (bicyclic) bond motifs is 1. The van der Waals surface area contributed by atoms with Crippen LogP contribution in [0.3, 0.4) is 0 Å². The van der Waals surface area contributed by atoms with Gasteiger partial charge in [0, 0.05) is 29.3 Å². The summed E-state index contributed by atoms with van der Waals surface area (Å²) in [6, 6.07) is 6.95. The Kier molecular flexibility index (Phi) is 5.27. The molecule has 1 aromatic heterocycles. The van der Waals surface area contributed by atoms with E-state index in [1.807, 2.05) is 30.5 Å². The molecule has 1 aromatic carbocycles. The summed E-state index contributed by atoms with van der Waals surface area (Å²) in [4.78, 5) is 25.5. The molecule has 0 aliphatic heterocycles. The molecule has 5 nitrogen and oxygen atoms in total. The Morgan fingerprint density at radius 3 is 2.81 bits per heavy atom. The quantitative estimate of drug-likeness (QED) is 0.657. The van der Waals surface area contributed by atoms with Crippen molar-refractivity contribution in [2.24, 2.45) is 0 Å². The van der Waals surface area contributed by atoms with Crippen LogP contribution in [0.15, 0.2) is 30.5 Å². The molecule has 0 saturated carbocycles. The van der Waals surface area contributed by atoms with E-state index in [0.717, 1.165) is 22.9 Å². The number of benzene rings is 1. The second-order valence-electron chi connectivity index (χ2n) is 4.83. The number of nitrogens with one attached hydrogen (secondary N) is 2. The summed E-state index contributed by atoms with van der Waals surface area (Å²) in [7, 11) is 0. The summed E-state index contributed by atoms with van der Waals surface area (Å²) in [6.45, 7) is 0. The van der Waals surface area contributed by atoms with Gasteiger partial charge in [-0.25, -0.2) is 0 Å². The Balaban J connectivity index is 1.84. The van der Waals surface area contributed by atoms with Gasteiger partial charge in [0.2, 0.25) is 5.91 Å². The molecular formula is C15H17N2O3S-. The highest BCUT2D eigenvalue weighted by molar-refractivity contribution is 7.80. The second-order valence-corrected chi connectivity index (χ2v) is 5.20. The summed E-state index contributed by atoms with van der Waals surface area (Å²) < 4.78 is 0. The number of aryl methyl sites for hydroxylation is 1. The van der Waals surface area contributed by atoms with Crippen LogP contribution in [0.5, 0.6) is 0 Å². The number of hydrogen-bond donors (Lipinski definition) is 3. The number of aromatic amines is 1. The van der Waals surface area contributed by atoms with Crippen LogP contribution in [-0.2, 0) is 16.0 Å². The number of thiol groups is 1. The minimum Gasteiger partial charge on any atom is -0.548 e. The average molecular weight is 305 g/mol. The topological polar surface area (TPSA) is 85.0 Å². The van der Waals surface area contributed by atoms with Crippen LogP contribution in [-0.4, -0.2) is 28.7 Å². The Labute approximate surface area is 128 Å². The predicted octanol–water partition coefficient (Wildman–Crippen LogP) is 0.655. The van der Waals surface area contributed by atoms with Crippen LogP contribution in [0.1, 0.15) is 18.4 Å². The molecule has 6 heteroatoms. The first kappa shape index (κ1) is 15.4. The molecule has 1 atom stereocenters. The number of carbonyl (C=O) groups excluding carboxylic acids is 2. The monoisotopic (exact) mass is 305 g/mol. The van der Waals surface area contributed by atoms with Crippen molar-refractivity contribution >= 4 is 35.4 Å². The Morgan fingerprint density at radius 1 is 1.33 bits per heavy atom. The number of rotatable bonds is 7. The van der Waals surface area contributed by atoms with Gasteiger partial charge in [0.05, 0.1) is 12.0 Å². The molecule has 1 amide bonds. The van der Waals surface area contributed by atoms with E-state index >= 15 is 0 Å². The Bertz CT molecular complexity index is 639. The van der Waals surface area contributed by atoms with E-state index < -0.39 is 12.0 Å². The zero-order valence-electron chi connectivity index (χ0n) is 11.5. The molecule has 0 unspecified atom stereocenters. The smallest absolute Gasteiger partial charge is 0.220 e. The van der Waals surface area contributed by atoms with E-state index in [0.29, 0.717) is 6.42 Å². The maximum Gasteiger partial charge on any atom is 0.220 e. The maximum atomic E-state index is 11.7. The first-order chi connectivity index (χ1) is 10.1. The minimum atomic E-state index is -1.31. The van der Waals surface area contributed by atoms with Gasteiger partial charge in [-0.3, -0.25) is 4.79 Å². The molecule has 21 heavy (non-hydrogen) atoms. The number of para-hydroxylation sites is 1. The number of H-pyrrole nitrogens is 1. The fraction of sp³-hybridized carbons (Fsp3) is 0.333. The minimum absolute atomic E-state index is 0.0243. The van der Waals surface area contributed by atoms with Gasteiger partial charge in [-0.05, 0) is 24.5 Å². The molecule has 0 bridgehead atoms. The molecule has 1 heterocycles. The molecule has 112 valence electrons. The van der Waals surface area contributed by atoms with E-state index in [9.17, 15) is 14.7 Å². The predicted molar refractivity (Wildman–Crippen MR) is 82.0 cm³/mol. The van der Waals surface area contributed by atoms with Crippen molar-refractivity contribution in [3.63, 3.8) is 0 Å². The summed E-state index contributed by atoms with van der Waals surface area (Å²) in [5, 5.41) is 14.2. The zero-order valence-corrected chi connectivity index (χ0v) is 12.4. The van der Waals surface area contributed by atoms with Gasteiger partial charge in [0.25, 0.3) is 0 Å². The molecule has 0 spiro atoms. The fourth-order valence-electron chi connectivity index (χ4n) is 2.22. The summed E-state index contributed by atoms with van der Waals surface area (Å²) in [5.74, 6) is -1.58. The molecule has 2 rings (SSSR count). The molecule has 0 fully saturated rings. The largest absolute Gasteiger partial charge is 0.548 e. The number of hydrogen-bond acceptors (Lipinski definition) is 4. The van der Waals surface area contributed by atoms with Crippen LogP contribution in [0.25, 0.3) is 10.9 Å². The standard InChI is InChI=1S/C15H18N2O3S/c18-14(17-13(9-21)15(19)20)7-3-4-10-8-16-12-6-2-1-5-11(10)12/h1-2,5-6,8,13,16,21H,3-4,7,9H2,(H,17,18)(H,19,20)/p-1/t13-/m1/s1. The van der Waals surface area contributed by atoms with E-state index in [-0.39, 0.29) is 18.1 Å². The van der Waals surface area contributed by atoms with Crippen molar-refractivity contribution in [3.8, 4) is 0 Å². The molecule has 2 aromatic rings. The Hall–Kier alpha value is -1.95. The van der Waals surface area contributed by atoms with Crippen LogP contribution in [0, 0.1) is 0 Å². The molecule has 0 saturated heterocycles. The van der Waals surface area contributed by atoms with Crippen molar-refractivity contribution in [3.05, 3.63) is 36.0 Å². The van der Waals surface area contributed by atoms with Crippen molar-refractivity contribution in [2.45, 2.75) is 25.3 Å². The van der Waals surface area contributed by atoms with Gasteiger partial charge < -0.3 is 20.2 Å². The van der Waals surface area contributed by atoms with Crippen molar-refractivity contribution in [2.75, 3.05) is 5.75 Å². The third-order valence-electron chi connectivity index (χ3n) is 3.33. The molecular weight excluding hydrogens is 288 g/mol. The highest BCUT2D eigenvalue weighted by Crippen LogP contribution is 2.19. The fourth-order valence-corrected chi connectivity index (χ4v) is 2.46. The summed E-state index contributed by atoms with van der Waals surface area (Å²) in [6.07, 6.45) is 3.63. The van der Waals surface area contributed by atoms with E-state index in [1.165, 1.54) is 0 Å². The number of aromatic nitrogens is 1. The van der Waals surface area contributed by atoms with Gasteiger partial charge in [0.15, 0.2) is 0 Å². The van der Waals surface area contributed by atoms with Gasteiger partial charge in [-0.1, -0.05) is 18.2 Å². The van der Waals surface area contributed by atoms with Crippen LogP contribution < -0.4 is 10.4 Å². The number of carboxylic acids is 1. The number of aliphatic carboxylic acids is 1. The average Bonchev–Trinajstić information content (AvgIpc) is 2.88. The first-order valence-electron chi connectivity index (χ1n) is 6.78. The van der Waals surface area contributed by atoms with E-state index in [4.69, 9.17) is 0 Å². The van der Waals surface area contributed by atoms with E-state index in [1.54, 1.807) is 0 Å². The van der Waals surface area contributed by atoms with Crippen LogP contribution in [0.2, 0.25) is 0 Å². The number of amides is 1. The normalized spacial score (nSPS) is 12.2. The van der Waals surface area contributed by atoms with Gasteiger partial charge in [0.1, 0.15) is 0 Å². The summed E-state index contributed by atoms with van der Waals surface area (Å²) in [5.41, 5.74) is 2.23. The highest BCUT2D eigenvalue weighted by Gasteiger charge is 2.11. The molecule has 0 aliphatic carbocycles. The van der Waals surface area contributed by atoms with Crippen LogP contribution in [0.4, 0.5) is 0 Å². The van der Waals surface area contributed by atoms with Crippen LogP contribution >= 0.6 is 12.6 Å². The van der Waals surface area contributed by atoms with Gasteiger partial charge in [-0.15, -0.1) is 0 Å². The third kappa shape index (κ3) is 4.01. The third-order valence-corrected chi connectivity index (χ3v) is 3.69. The second kappa shape index (κ2) is 7.17. The van der Waals surface area contributed by atoms with Crippen molar-refractivity contribution in [1.82, 2.24) is 10.3 Å². The highest BCUT2D eigenvalue weighted by atomic mass is 32.1. The Morgan fingerprint density at radius 2 is 2.10 bits per heavy atom. The van der Waals surface area contributed by atoms with Crippen molar-refractivity contribution in [1.29, 1.82) is 0 Å². The maximum absolute atomic E-state index is 11.7. The first-order valence-corrected chi connectivity index (χ1v) is 7.41. The molecule has 2 N–H and O–H groups in total. The lowest BCUT2D eigenvalue weighted by Gasteiger charge is -2.17. The lowest BCUT2D eigenvalue weighted by Crippen LogP contribution is -2.49. The number of carbonyl (C=O) groups is 2. The lowest BCUT2D eigenvalue weighted by molar-refractivity contribution is -0.307. The SMILES string of the molecule is O=C(CCCc1c[nH]c2ccccc12)N[C@H](CS)C(=O)[O-]. The summed E-state index contributed by atoms with van der Waals surface area (Å²) >= 11 is 3.87. The van der Waals surface area contributed by atoms with Gasteiger partial charge >= 0.3 is 0 Å². The zero-order chi connectivity index (χ0) is 15.2. The lowest BCUT2D eigenvalue weighted by atomic mass is 10.1. The van der Waals surface area contributed by atoms with E-state index in [2.05, 4.69) is 22.9 Å². The molecule has 0 radical (unpaired) electrons. The molecule has 0 aliphatic rings.